The number of hydrogen-bond donors (Lipinski definition) is 0. The summed E-state index contributed by atoms with van der Waals surface area (Å²) in [6.07, 6.45) is 2.06. The van der Waals surface area contributed by atoms with Gasteiger partial charge < -0.3 is 9.15 Å². The van der Waals surface area contributed by atoms with Gasteiger partial charge in [0.15, 0.2) is 0 Å². The number of nitrogens with zero attached hydrogens (tertiary/aromatic N) is 2. The molecule has 3 heterocycles. The fraction of sp³-hybridized carbons (Fsp3) is 0.150. The maximum absolute atomic E-state index is 6.28. The molecule has 0 N–H and O–H groups in total. The van der Waals surface area contributed by atoms with Crippen LogP contribution in [0.2, 0.25) is 10.0 Å². The molecule has 0 bridgehead atoms. The highest BCUT2D eigenvalue weighted by Crippen LogP contribution is 2.48. The van der Waals surface area contributed by atoms with Crippen LogP contribution in [0.5, 0.6) is 5.75 Å². The van der Waals surface area contributed by atoms with Gasteiger partial charge in [0, 0.05) is 27.6 Å². The minimum Gasteiger partial charge on any atom is -0.464 e. The van der Waals surface area contributed by atoms with Crippen LogP contribution in [0.25, 0.3) is 0 Å². The Morgan fingerprint density at radius 1 is 1.00 bits per heavy atom. The Morgan fingerprint density at radius 3 is 2.58 bits per heavy atom. The third kappa shape index (κ3) is 2.57. The van der Waals surface area contributed by atoms with Crippen LogP contribution in [0, 0.1) is 0 Å². The highest BCUT2D eigenvalue weighted by molar-refractivity contribution is 6.30. The summed E-state index contributed by atoms with van der Waals surface area (Å²) < 4.78 is 11.8. The third-order valence-electron chi connectivity index (χ3n) is 4.71. The third-order valence-corrected chi connectivity index (χ3v) is 5.20. The lowest BCUT2D eigenvalue weighted by Gasteiger charge is -2.38. The molecule has 0 saturated heterocycles. The second-order valence-corrected chi connectivity index (χ2v) is 7.20. The highest BCUT2D eigenvalue weighted by atomic mass is 35.5. The molecule has 1 aromatic heterocycles. The molecule has 0 unspecified atom stereocenters. The van der Waals surface area contributed by atoms with E-state index in [0.29, 0.717) is 10.0 Å². The topological polar surface area (TPSA) is 38.0 Å². The van der Waals surface area contributed by atoms with Gasteiger partial charge in [-0.15, -0.1) is 0 Å². The smallest absolute Gasteiger partial charge is 0.213 e. The number of hydrogen-bond acceptors (Lipinski definition) is 4. The molecule has 0 saturated carbocycles. The molecule has 4 nitrogen and oxygen atoms in total. The van der Waals surface area contributed by atoms with Crippen LogP contribution in [0.1, 0.15) is 35.6 Å². The van der Waals surface area contributed by atoms with E-state index < -0.39 is 0 Å². The maximum atomic E-state index is 6.28. The van der Waals surface area contributed by atoms with Crippen LogP contribution < -0.4 is 4.74 Å². The molecule has 6 heteroatoms. The second kappa shape index (κ2) is 6.08. The van der Waals surface area contributed by atoms with Gasteiger partial charge in [0.05, 0.1) is 12.3 Å². The van der Waals surface area contributed by atoms with E-state index in [9.17, 15) is 0 Å². The van der Waals surface area contributed by atoms with Crippen LogP contribution in [-0.4, -0.2) is 10.7 Å². The Bertz CT molecular complexity index is 984. The van der Waals surface area contributed by atoms with Crippen molar-refractivity contribution in [1.29, 1.82) is 0 Å². The summed E-state index contributed by atoms with van der Waals surface area (Å²) in [5, 5.41) is 8.18. The molecule has 2 aliphatic heterocycles. The molecule has 5 rings (SSSR count). The maximum Gasteiger partial charge on any atom is 0.213 e. The van der Waals surface area contributed by atoms with Gasteiger partial charge in [-0.2, -0.15) is 5.10 Å². The number of furan rings is 1. The predicted molar refractivity (Wildman–Crippen MR) is 101 cm³/mol. The molecule has 2 atom stereocenters. The zero-order valence-electron chi connectivity index (χ0n) is 13.6. The van der Waals surface area contributed by atoms with Gasteiger partial charge in [0.1, 0.15) is 17.2 Å². The first-order valence-corrected chi connectivity index (χ1v) is 9.06. The molecule has 130 valence electrons. The summed E-state index contributed by atoms with van der Waals surface area (Å²) >= 11 is 12.3. The average Bonchev–Trinajstić information content (AvgIpc) is 3.32. The lowest BCUT2D eigenvalue weighted by atomic mass is 9.97. The van der Waals surface area contributed by atoms with E-state index >= 15 is 0 Å². The van der Waals surface area contributed by atoms with Crippen LogP contribution in [-0.2, 0) is 0 Å². The SMILES string of the molecule is Clc1ccc([C@H]2Oc3ccc(Cl)cc3[C@@H]3CC(c4ccco4)=NN23)cc1. The summed E-state index contributed by atoms with van der Waals surface area (Å²) in [5.74, 6) is 1.60. The number of ether oxygens (including phenoxy) is 1. The summed E-state index contributed by atoms with van der Waals surface area (Å²) in [4.78, 5) is 0. The summed E-state index contributed by atoms with van der Waals surface area (Å²) in [6, 6.07) is 17.2. The Balaban J connectivity index is 1.61. The van der Waals surface area contributed by atoms with E-state index in [1.54, 1.807) is 6.26 Å². The first-order chi connectivity index (χ1) is 12.7. The van der Waals surface area contributed by atoms with Crippen molar-refractivity contribution in [3.63, 3.8) is 0 Å². The van der Waals surface area contributed by atoms with Crippen LogP contribution in [0.15, 0.2) is 70.4 Å². The van der Waals surface area contributed by atoms with E-state index in [1.165, 1.54) is 0 Å². The molecule has 26 heavy (non-hydrogen) atoms. The van der Waals surface area contributed by atoms with Crippen LogP contribution in [0.4, 0.5) is 0 Å². The van der Waals surface area contributed by atoms with Crippen molar-refractivity contribution in [3.05, 3.63) is 87.8 Å². The van der Waals surface area contributed by atoms with E-state index in [-0.39, 0.29) is 12.3 Å². The van der Waals surface area contributed by atoms with E-state index in [4.69, 9.17) is 37.5 Å². The number of hydrazone groups is 1. The van der Waals surface area contributed by atoms with Crippen LogP contribution >= 0.6 is 23.2 Å². The van der Waals surface area contributed by atoms with E-state index in [2.05, 4.69) is 0 Å². The molecule has 0 fully saturated rings. The molecule has 0 amide bonds. The molecule has 0 radical (unpaired) electrons. The fourth-order valence-corrected chi connectivity index (χ4v) is 3.80. The van der Waals surface area contributed by atoms with Gasteiger partial charge >= 0.3 is 0 Å². The number of benzene rings is 2. The van der Waals surface area contributed by atoms with Crippen molar-refractivity contribution in [3.8, 4) is 5.75 Å². The number of rotatable bonds is 2. The zero-order chi connectivity index (χ0) is 17.7. The molecule has 0 aliphatic carbocycles. The van der Waals surface area contributed by atoms with Crippen molar-refractivity contribution in [2.75, 3.05) is 0 Å². The normalized spacial score (nSPS) is 21.0. The molecule has 2 aromatic carbocycles. The van der Waals surface area contributed by atoms with Gasteiger partial charge in [-0.3, -0.25) is 0 Å². The lowest BCUT2D eigenvalue weighted by molar-refractivity contribution is -0.0190. The first-order valence-electron chi connectivity index (χ1n) is 8.30. The monoisotopic (exact) mass is 384 g/mol. The fourth-order valence-electron chi connectivity index (χ4n) is 3.50. The Kier molecular flexibility index (Phi) is 3.69. The first kappa shape index (κ1) is 15.8. The van der Waals surface area contributed by atoms with Crippen molar-refractivity contribution >= 4 is 28.9 Å². The van der Waals surface area contributed by atoms with Crippen molar-refractivity contribution in [1.82, 2.24) is 5.01 Å². The summed E-state index contributed by atoms with van der Waals surface area (Å²) in [6.45, 7) is 0. The highest BCUT2D eigenvalue weighted by Gasteiger charge is 2.41. The number of fused-ring (bicyclic) bond motifs is 3. The van der Waals surface area contributed by atoms with Crippen molar-refractivity contribution in [2.24, 2.45) is 5.10 Å². The standard InChI is InChI=1S/C20H14Cl2N2O2/c21-13-5-3-12(4-6-13)20-24-17(11-16(23-24)19-2-1-9-25-19)15-10-14(22)7-8-18(15)26-20/h1-10,17,20H,11H2/t17-,20+/m0/s1. The predicted octanol–water partition coefficient (Wildman–Crippen LogP) is 5.83. The Labute approximate surface area is 160 Å². The van der Waals surface area contributed by atoms with Crippen molar-refractivity contribution in [2.45, 2.75) is 18.7 Å². The van der Waals surface area contributed by atoms with Gasteiger partial charge in [-0.25, -0.2) is 5.01 Å². The van der Waals surface area contributed by atoms with Crippen LogP contribution in [0.3, 0.4) is 0 Å². The van der Waals surface area contributed by atoms with Gasteiger partial charge in [-0.05, 0) is 42.5 Å². The minimum atomic E-state index is -0.335. The van der Waals surface area contributed by atoms with E-state index in [1.807, 2.05) is 59.6 Å². The minimum absolute atomic E-state index is 0.0400. The number of halogens is 2. The largest absolute Gasteiger partial charge is 0.464 e. The second-order valence-electron chi connectivity index (χ2n) is 6.33. The summed E-state index contributed by atoms with van der Waals surface area (Å²) in [7, 11) is 0. The van der Waals surface area contributed by atoms with Gasteiger partial charge in [0.25, 0.3) is 0 Å². The van der Waals surface area contributed by atoms with Gasteiger partial charge in [-0.1, -0.05) is 35.3 Å². The van der Waals surface area contributed by atoms with Crippen molar-refractivity contribution < 1.29 is 9.15 Å². The molecular formula is C20H14Cl2N2O2. The zero-order valence-corrected chi connectivity index (χ0v) is 15.1. The molecule has 2 aliphatic rings. The Morgan fingerprint density at radius 2 is 1.81 bits per heavy atom. The molecule has 0 spiro atoms. The quantitative estimate of drug-likeness (QED) is 0.557. The molecule has 3 aromatic rings. The molecular weight excluding hydrogens is 371 g/mol. The summed E-state index contributed by atoms with van der Waals surface area (Å²) in [5.41, 5.74) is 2.92. The lowest BCUT2D eigenvalue weighted by Crippen LogP contribution is -2.33. The Hall–Kier alpha value is -2.43. The van der Waals surface area contributed by atoms with E-state index in [0.717, 1.165) is 34.8 Å². The van der Waals surface area contributed by atoms with Gasteiger partial charge in [0.2, 0.25) is 6.23 Å². The average molecular weight is 385 g/mol.